The summed E-state index contributed by atoms with van der Waals surface area (Å²) < 4.78 is 5.26. The fourth-order valence-electron chi connectivity index (χ4n) is 2.19. The molecule has 0 bridgehead atoms. The normalized spacial score (nSPS) is 28.3. The van der Waals surface area contributed by atoms with E-state index in [4.69, 9.17) is 4.74 Å². The maximum absolute atomic E-state index is 11.7. The number of carbonyl (C=O) groups is 2. The molecular weight excluding hydrogens is 232 g/mol. The topological polar surface area (TPSA) is 67.4 Å². The Morgan fingerprint density at radius 2 is 1.89 bits per heavy atom. The lowest BCUT2D eigenvalue weighted by molar-refractivity contribution is -0.110. The number of rotatable bonds is 3. The highest BCUT2D eigenvalue weighted by molar-refractivity contribution is 5.68. The van der Waals surface area contributed by atoms with Crippen LogP contribution >= 0.6 is 0 Å². The minimum Gasteiger partial charge on any atom is -0.444 e. The van der Waals surface area contributed by atoms with Crippen molar-refractivity contribution < 1.29 is 14.3 Å². The number of nitrogens with one attached hydrogen (secondary N) is 2. The molecule has 1 fully saturated rings. The maximum Gasteiger partial charge on any atom is 0.408 e. The van der Waals surface area contributed by atoms with Crippen LogP contribution in [0.5, 0.6) is 0 Å². The van der Waals surface area contributed by atoms with Gasteiger partial charge in [0.15, 0.2) is 0 Å². The first-order valence-electron chi connectivity index (χ1n) is 6.45. The average molecular weight is 256 g/mol. The molecule has 0 radical (unpaired) electrons. The van der Waals surface area contributed by atoms with E-state index < -0.39 is 5.60 Å². The van der Waals surface area contributed by atoms with E-state index in [9.17, 15) is 9.59 Å². The summed E-state index contributed by atoms with van der Waals surface area (Å²) in [5, 5.41) is 5.73. The molecule has 5 nitrogen and oxygen atoms in total. The molecule has 5 heteroatoms. The summed E-state index contributed by atoms with van der Waals surface area (Å²) in [6.45, 7) is 7.56. The molecule has 104 valence electrons. The third-order valence-electron chi connectivity index (χ3n) is 3.20. The number of hydrogen-bond donors (Lipinski definition) is 2. The molecule has 0 aromatic heterocycles. The highest BCUT2D eigenvalue weighted by Crippen LogP contribution is 2.28. The van der Waals surface area contributed by atoms with E-state index in [1.54, 1.807) is 0 Å². The Bertz CT molecular complexity index is 302. The van der Waals surface area contributed by atoms with Gasteiger partial charge in [-0.3, -0.25) is 4.79 Å². The van der Waals surface area contributed by atoms with Crippen LogP contribution in [0.2, 0.25) is 0 Å². The van der Waals surface area contributed by atoms with Crippen molar-refractivity contribution in [2.45, 2.75) is 70.6 Å². The third kappa shape index (κ3) is 4.94. The van der Waals surface area contributed by atoms with E-state index >= 15 is 0 Å². The monoisotopic (exact) mass is 256 g/mol. The number of alkyl carbamates (subject to hydrolysis) is 1. The fourth-order valence-corrected chi connectivity index (χ4v) is 2.19. The highest BCUT2D eigenvalue weighted by Gasteiger charge is 2.33. The molecule has 0 spiro atoms. The van der Waals surface area contributed by atoms with E-state index in [1.165, 1.54) is 0 Å². The molecule has 1 aliphatic rings. The number of hydrogen-bond acceptors (Lipinski definition) is 3. The fraction of sp³-hybridized carbons (Fsp3) is 0.846. The van der Waals surface area contributed by atoms with Crippen molar-refractivity contribution in [2.24, 2.45) is 0 Å². The Hall–Kier alpha value is -1.26. The number of amides is 2. The summed E-state index contributed by atoms with van der Waals surface area (Å²) >= 11 is 0. The summed E-state index contributed by atoms with van der Waals surface area (Å²) in [6, 6.07) is 0.232. The van der Waals surface area contributed by atoms with Crippen molar-refractivity contribution in [3.05, 3.63) is 0 Å². The van der Waals surface area contributed by atoms with Gasteiger partial charge in [-0.15, -0.1) is 0 Å². The lowest BCUT2D eigenvalue weighted by Gasteiger charge is -2.38. The zero-order chi connectivity index (χ0) is 13.8. The Morgan fingerprint density at radius 3 is 2.33 bits per heavy atom. The molecule has 0 aliphatic heterocycles. The predicted molar refractivity (Wildman–Crippen MR) is 69.2 cm³/mol. The molecule has 0 heterocycles. The molecule has 1 saturated carbocycles. The molecule has 2 amide bonds. The van der Waals surface area contributed by atoms with E-state index in [0.29, 0.717) is 0 Å². The summed E-state index contributed by atoms with van der Waals surface area (Å²) in [6.07, 6.45) is 3.83. The molecular formula is C13H24N2O3. The molecule has 18 heavy (non-hydrogen) atoms. The molecule has 0 atom stereocenters. The summed E-state index contributed by atoms with van der Waals surface area (Å²) in [5.41, 5.74) is -0.708. The number of carbonyl (C=O) groups excluding carboxylic acids is 2. The van der Waals surface area contributed by atoms with Gasteiger partial charge in [0.2, 0.25) is 6.41 Å². The van der Waals surface area contributed by atoms with Gasteiger partial charge in [0.1, 0.15) is 5.60 Å². The van der Waals surface area contributed by atoms with E-state index in [0.717, 1.165) is 32.1 Å². The quantitative estimate of drug-likeness (QED) is 0.758. The minimum atomic E-state index is -0.475. The molecule has 0 aromatic rings. The Kier molecular flexibility index (Phi) is 4.59. The standard InChI is InChI=1S/C13H24N2O3/c1-12(2,3)18-11(17)15-13(4)7-5-10(6-8-13)14-9-16/h9-10H,5-8H2,1-4H3,(H,14,16)(H,15,17). The second-order valence-electron chi connectivity index (χ2n) is 6.25. The zero-order valence-electron chi connectivity index (χ0n) is 11.7. The highest BCUT2D eigenvalue weighted by atomic mass is 16.6. The van der Waals surface area contributed by atoms with Crippen LogP contribution in [-0.2, 0) is 9.53 Å². The van der Waals surface area contributed by atoms with Crippen LogP contribution in [0.15, 0.2) is 0 Å². The van der Waals surface area contributed by atoms with Crippen molar-refractivity contribution in [1.82, 2.24) is 10.6 Å². The Balaban J connectivity index is 2.43. The van der Waals surface area contributed by atoms with Gasteiger partial charge in [-0.05, 0) is 53.4 Å². The zero-order valence-corrected chi connectivity index (χ0v) is 11.7. The summed E-state index contributed by atoms with van der Waals surface area (Å²) in [4.78, 5) is 22.1. The van der Waals surface area contributed by atoms with Gasteiger partial charge in [0.25, 0.3) is 0 Å². The first-order chi connectivity index (χ1) is 8.24. The smallest absolute Gasteiger partial charge is 0.408 e. The second kappa shape index (κ2) is 5.59. The van der Waals surface area contributed by atoms with Gasteiger partial charge in [-0.1, -0.05) is 0 Å². The summed E-state index contributed by atoms with van der Waals surface area (Å²) in [7, 11) is 0. The second-order valence-corrected chi connectivity index (χ2v) is 6.25. The van der Waals surface area contributed by atoms with Gasteiger partial charge in [0.05, 0.1) is 0 Å². The molecule has 2 N–H and O–H groups in total. The molecule has 0 unspecified atom stereocenters. The summed E-state index contributed by atoms with van der Waals surface area (Å²) in [5.74, 6) is 0. The van der Waals surface area contributed by atoms with Gasteiger partial charge in [-0.2, -0.15) is 0 Å². The SMILES string of the molecule is CC1(NC(=O)OC(C)(C)C)CCC(NC=O)CC1. The molecule has 0 aromatic carbocycles. The van der Waals surface area contributed by atoms with Crippen LogP contribution in [0.4, 0.5) is 4.79 Å². The van der Waals surface area contributed by atoms with Gasteiger partial charge >= 0.3 is 6.09 Å². The van der Waals surface area contributed by atoms with E-state index in [1.807, 2.05) is 27.7 Å². The van der Waals surface area contributed by atoms with Crippen molar-refractivity contribution in [3.63, 3.8) is 0 Å². The van der Waals surface area contributed by atoms with Crippen molar-refractivity contribution >= 4 is 12.5 Å². The van der Waals surface area contributed by atoms with Gasteiger partial charge < -0.3 is 15.4 Å². The molecule has 1 rings (SSSR count). The Labute approximate surface area is 109 Å². The van der Waals surface area contributed by atoms with E-state index in [-0.39, 0.29) is 17.7 Å². The largest absolute Gasteiger partial charge is 0.444 e. The van der Waals surface area contributed by atoms with Gasteiger partial charge in [0, 0.05) is 11.6 Å². The van der Waals surface area contributed by atoms with Crippen LogP contribution in [0, 0.1) is 0 Å². The van der Waals surface area contributed by atoms with Crippen molar-refractivity contribution in [1.29, 1.82) is 0 Å². The van der Waals surface area contributed by atoms with Crippen LogP contribution in [-0.4, -0.2) is 29.7 Å². The lowest BCUT2D eigenvalue weighted by Crippen LogP contribution is -2.51. The van der Waals surface area contributed by atoms with Crippen LogP contribution < -0.4 is 10.6 Å². The number of ether oxygens (including phenoxy) is 1. The molecule has 1 aliphatic carbocycles. The van der Waals surface area contributed by atoms with Crippen molar-refractivity contribution in [3.8, 4) is 0 Å². The van der Waals surface area contributed by atoms with E-state index in [2.05, 4.69) is 10.6 Å². The first-order valence-corrected chi connectivity index (χ1v) is 6.45. The first kappa shape index (κ1) is 14.8. The van der Waals surface area contributed by atoms with Gasteiger partial charge in [-0.25, -0.2) is 4.79 Å². The third-order valence-corrected chi connectivity index (χ3v) is 3.20. The predicted octanol–water partition coefficient (Wildman–Crippen LogP) is 1.96. The minimum absolute atomic E-state index is 0.232. The molecule has 0 saturated heterocycles. The lowest BCUT2D eigenvalue weighted by atomic mass is 9.81. The maximum atomic E-state index is 11.7. The van der Waals surface area contributed by atoms with Crippen LogP contribution in [0.25, 0.3) is 0 Å². The average Bonchev–Trinajstić information content (AvgIpc) is 2.18. The van der Waals surface area contributed by atoms with Crippen molar-refractivity contribution in [2.75, 3.05) is 0 Å². The van der Waals surface area contributed by atoms with Crippen LogP contribution in [0.1, 0.15) is 53.4 Å². The Morgan fingerprint density at radius 1 is 1.33 bits per heavy atom. The van der Waals surface area contributed by atoms with Crippen LogP contribution in [0.3, 0.4) is 0 Å².